The average Bonchev–Trinajstić information content (AvgIpc) is 2.32. The molecule has 21 heavy (non-hydrogen) atoms. The van der Waals surface area contributed by atoms with Gasteiger partial charge in [0.2, 0.25) is 0 Å². The quantitative estimate of drug-likeness (QED) is 0.861. The van der Waals surface area contributed by atoms with Crippen molar-refractivity contribution in [2.45, 2.75) is 39.5 Å². The van der Waals surface area contributed by atoms with Gasteiger partial charge in [0.1, 0.15) is 0 Å². The Morgan fingerprint density at radius 2 is 1.86 bits per heavy atom. The van der Waals surface area contributed by atoms with E-state index >= 15 is 0 Å². The summed E-state index contributed by atoms with van der Waals surface area (Å²) in [6.07, 6.45) is 0. The van der Waals surface area contributed by atoms with Crippen molar-refractivity contribution >= 4 is 25.6 Å². The molecule has 0 fully saturated rings. The standard InChI is InChI=1S/C15H22ClNO3S/c1-10-6-12(8-13(7-10)21(16,19)20)14(18)17-9-11(2)15(3,4)5/h6-8,11H,9H2,1-5H3,(H,17,18). The Hall–Kier alpha value is -1.07. The third-order valence-corrected chi connectivity index (χ3v) is 4.98. The second-order valence-corrected chi connectivity index (χ2v) is 9.02. The van der Waals surface area contributed by atoms with Gasteiger partial charge in [-0.05, 0) is 42.0 Å². The first-order valence-electron chi connectivity index (χ1n) is 6.76. The summed E-state index contributed by atoms with van der Waals surface area (Å²) < 4.78 is 22.8. The van der Waals surface area contributed by atoms with Crippen LogP contribution in [-0.4, -0.2) is 20.9 Å². The van der Waals surface area contributed by atoms with Gasteiger partial charge in [-0.25, -0.2) is 8.42 Å². The Morgan fingerprint density at radius 1 is 1.29 bits per heavy atom. The fourth-order valence-electron chi connectivity index (χ4n) is 1.67. The maximum atomic E-state index is 12.2. The minimum absolute atomic E-state index is 0.0572. The van der Waals surface area contributed by atoms with E-state index in [2.05, 4.69) is 33.0 Å². The van der Waals surface area contributed by atoms with Gasteiger partial charge in [0.25, 0.3) is 15.0 Å². The van der Waals surface area contributed by atoms with E-state index in [-0.39, 0.29) is 16.2 Å². The molecule has 1 rings (SSSR count). The summed E-state index contributed by atoms with van der Waals surface area (Å²) in [5, 5.41) is 2.83. The first-order valence-corrected chi connectivity index (χ1v) is 9.07. The van der Waals surface area contributed by atoms with Gasteiger partial charge in [0.15, 0.2) is 0 Å². The van der Waals surface area contributed by atoms with Gasteiger partial charge in [-0.3, -0.25) is 4.79 Å². The van der Waals surface area contributed by atoms with Crippen molar-refractivity contribution in [3.8, 4) is 0 Å². The van der Waals surface area contributed by atoms with E-state index in [4.69, 9.17) is 10.7 Å². The molecule has 1 N–H and O–H groups in total. The zero-order valence-electron chi connectivity index (χ0n) is 13.0. The molecular formula is C15H22ClNO3S. The van der Waals surface area contributed by atoms with Crippen molar-refractivity contribution in [2.24, 2.45) is 11.3 Å². The summed E-state index contributed by atoms with van der Waals surface area (Å²) in [6.45, 7) is 10.6. The lowest BCUT2D eigenvalue weighted by molar-refractivity contribution is 0.0936. The number of hydrogen-bond donors (Lipinski definition) is 1. The molecule has 0 aromatic heterocycles. The molecule has 1 atom stereocenters. The van der Waals surface area contributed by atoms with E-state index in [0.717, 1.165) is 0 Å². The summed E-state index contributed by atoms with van der Waals surface area (Å²) in [7, 11) is 1.49. The minimum Gasteiger partial charge on any atom is -0.352 e. The van der Waals surface area contributed by atoms with E-state index in [9.17, 15) is 13.2 Å². The molecule has 118 valence electrons. The zero-order valence-corrected chi connectivity index (χ0v) is 14.6. The van der Waals surface area contributed by atoms with Crippen LogP contribution in [0.5, 0.6) is 0 Å². The van der Waals surface area contributed by atoms with Gasteiger partial charge < -0.3 is 5.32 Å². The maximum Gasteiger partial charge on any atom is 0.261 e. The van der Waals surface area contributed by atoms with Crippen molar-refractivity contribution in [1.82, 2.24) is 5.32 Å². The molecule has 4 nitrogen and oxygen atoms in total. The largest absolute Gasteiger partial charge is 0.352 e. The Kier molecular flexibility index (Phi) is 5.45. The highest BCUT2D eigenvalue weighted by molar-refractivity contribution is 8.13. The molecular weight excluding hydrogens is 310 g/mol. The van der Waals surface area contributed by atoms with Gasteiger partial charge in [0, 0.05) is 22.8 Å². The van der Waals surface area contributed by atoms with Crippen LogP contribution in [0.25, 0.3) is 0 Å². The van der Waals surface area contributed by atoms with Gasteiger partial charge in [0.05, 0.1) is 4.90 Å². The first-order chi connectivity index (χ1) is 9.41. The number of hydrogen-bond acceptors (Lipinski definition) is 3. The van der Waals surface area contributed by atoms with Crippen LogP contribution in [0.2, 0.25) is 0 Å². The maximum absolute atomic E-state index is 12.2. The fourth-order valence-corrected chi connectivity index (χ4v) is 2.54. The lowest BCUT2D eigenvalue weighted by Gasteiger charge is -2.27. The van der Waals surface area contributed by atoms with E-state index in [1.54, 1.807) is 13.0 Å². The summed E-state index contributed by atoms with van der Waals surface area (Å²) in [4.78, 5) is 12.1. The highest BCUT2D eigenvalue weighted by Gasteiger charge is 2.21. The van der Waals surface area contributed by atoms with E-state index < -0.39 is 9.05 Å². The third-order valence-electron chi connectivity index (χ3n) is 3.64. The molecule has 0 heterocycles. The number of benzene rings is 1. The van der Waals surface area contributed by atoms with Crippen molar-refractivity contribution in [1.29, 1.82) is 0 Å². The van der Waals surface area contributed by atoms with Crippen LogP contribution in [0, 0.1) is 18.3 Å². The zero-order chi connectivity index (χ0) is 16.4. The van der Waals surface area contributed by atoms with Crippen LogP contribution in [0.4, 0.5) is 0 Å². The molecule has 0 aliphatic carbocycles. The van der Waals surface area contributed by atoms with Crippen molar-refractivity contribution < 1.29 is 13.2 Å². The average molecular weight is 332 g/mol. The molecule has 0 bridgehead atoms. The molecule has 1 unspecified atom stereocenters. The first kappa shape index (κ1) is 18.0. The van der Waals surface area contributed by atoms with Crippen molar-refractivity contribution in [3.05, 3.63) is 29.3 Å². The Balaban J connectivity index is 2.92. The molecule has 6 heteroatoms. The second kappa shape index (κ2) is 6.36. The monoisotopic (exact) mass is 331 g/mol. The SMILES string of the molecule is Cc1cc(C(=O)NCC(C)C(C)(C)C)cc(S(=O)(=O)Cl)c1. The fraction of sp³-hybridized carbons (Fsp3) is 0.533. The molecule has 0 saturated carbocycles. The van der Waals surface area contributed by atoms with E-state index in [0.29, 0.717) is 23.6 Å². The number of amides is 1. The summed E-state index contributed by atoms with van der Waals surface area (Å²) >= 11 is 0. The molecule has 0 radical (unpaired) electrons. The third kappa shape index (κ3) is 5.32. The molecule has 0 spiro atoms. The molecule has 1 aromatic rings. The topological polar surface area (TPSA) is 63.2 Å². The predicted octanol–water partition coefficient (Wildman–Crippen LogP) is 3.33. The number of aryl methyl sites for hydroxylation is 1. The van der Waals surface area contributed by atoms with Crippen LogP contribution in [0.1, 0.15) is 43.6 Å². The van der Waals surface area contributed by atoms with Crippen molar-refractivity contribution in [2.75, 3.05) is 6.54 Å². The molecule has 1 amide bonds. The van der Waals surface area contributed by atoms with Crippen LogP contribution in [0.15, 0.2) is 23.1 Å². The number of carbonyl (C=O) groups excluding carboxylic acids is 1. The predicted molar refractivity (Wildman–Crippen MR) is 85.2 cm³/mol. The lowest BCUT2D eigenvalue weighted by Crippen LogP contribution is -2.33. The number of rotatable bonds is 4. The van der Waals surface area contributed by atoms with Gasteiger partial charge in [-0.1, -0.05) is 27.7 Å². The second-order valence-electron chi connectivity index (χ2n) is 6.45. The Labute approximate surface area is 131 Å². The molecule has 0 aliphatic rings. The van der Waals surface area contributed by atoms with Gasteiger partial charge >= 0.3 is 0 Å². The molecule has 0 saturated heterocycles. The van der Waals surface area contributed by atoms with Crippen LogP contribution < -0.4 is 5.32 Å². The molecule has 1 aromatic carbocycles. The Bertz CT molecular complexity index is 633. The highest BCUT2D eigenvalue weighted by atomic mass is 35.7. The number of halogens is 1. The smallest absolute Gasteiger partial charge is 0.261 e. The number of carbonyl (C=O) groups is 1. The summed E-state index contributed by atoms with van der Waals surface area (Å²) in [5.41, 5.74) is 1.06. The van der Waals surface area contributed by atoms with Gasteiger partial charge in [-0.15, -0.1) is 0 Å². The number of nitrogens with one attached hydrogen (secondary N) is 1. The van der Waals surface area contributed by atoms with E-state index in [1.807, 2.05) is 0 Å². The summed E-state index contributed by atoms with van der Waals surface area (Å²) in [5.74, 6) is -0.00106. The molecule has 0 aliphatic heterocycles. The van der Waals surface area contributed by atoms with Crippen molar-refractivity contribution in [3.63, 3.8) is 0 Å². The van der Waals surface area contributed by atoms with Gasteiger partial charge in [-0.2, -0.15) is 0 Å². The van der Waals surface area contributed by atoms with Crippen LogP contribution in [-0.2, 0) is 9.05 Å². The summed E-state index contributed by atoms with van der Waals surface area (Å²) in [6, 6.07) is 4.38. The Morgan fingerprint density at radius 3 is 2.33 bits per heavy atom. The highest BCUT2D eigenvalue weighted by Crippen LogP contribution is 2.24. The lowest BCUT2D eigenvalue weighted by atomic mass is 9.82. The van der Waals surface area contributed by atoms with E-state index in [1.165, 1.54) is 12.1 Å². The normalized spacial score (nSPS) is 13.8. The van der Waals surface area contributed by atoms with Crippen LogP contribution >= 0.6 is 10.7 Å². The minimum atomic E-state index is -3.84. The van der Waals surface area contributed by atoms with Crippen LogP contribution in [0.3, 0.4) is 0 Å².